The summed E-state index contributed by atoms with van der Waals surface area (Å²) in [6.45, 7) is 1.77. The third-order valence-electron chi connectivity index (χ3n) is 6.17. The summed E-state index contributed by atoms with van der Waals surface area (Å²) in [7, 11) is 1.84. The average molecular weight is 484 g/mol. The first-order valence-electron chi connectivity index (χ1n) is 11.7. The van der Waals surface area contributed by atoms with Gasteiger partial charge in [-0.15, -0.1) is 0 Å². The highest BCUT2D eigenvalue weighted by molar-refractivity contribution is 6.45. The maximum atomic E-state index is 12.4. The topological polar surface area (TPSA) is 127 Å². The van der Waals surface area contributed by atoms with Gasteiger partial charge in [0.1, 0.15) is 17.6 Å². The Morgan fingerprint density at radius 2 is 1.78 bits per heavy atom. The summed E-state index contributed by atoms with van der Waals surface area (Å²) >= 11 is 0. The number of carbonyl (C=O) groups is 2. The number of rotatable bonds is 9. The minimum atomic E-state index is -0.691. The molecule has 1 heterocycles. The SMILES string of the molecule is CNc1cccc(C(CNC(C)=O)Oc2ccc(C3NC(=O)C(=N)C3C(=N)c3ccccc3)cc2)c1. The zero-order valence-electron chi connectivity index (χ0n) is 20.2. The molecule has 36 heavy (non-hydrogen) atoms. The molecule has 8 heteroatoms. The molecule has 3 aromatic carbocycles. The normalized spacial score (nSPS) is 17.7. The van der Waals surface area contributed by atoms with Gasteiger partial charge in [-0.05, 0) is 41.0 Å². The van der Waals surface area contributed by atoms with Crippen molar-refractivity contribution in [1.29, 1.82) is 10.8 Å². The first kappa shape index (κ1) is 24.7. The van der Waals surface area contributed by atoms with Crippen molar-refractivity contribution in [2.45, 2.75) is 19.1 Å². The fraction of sp³-hybridized carbons (Fsp3) is 0.214. The van der Waals surface area contributed by atoms with Crippen LogP contribution in [0.3, 0.4) is 0 Å². The Bertz CT molecular complexity index is 1270. The van der Waals surface area contributed by atoms with E-state index in [4.69, 9.17) is 15.6 Å². The lowest BCUT2D eigenvalue weighted by atomic mass is 9.86. The van der Waals surface area contributed by atoms with E-state index in [1.54, 1.807) is 12.1 Å². The molecule has 0 bridgehead atoms. The first-order valence-corrected chi connectivity index (χ1v) is 11.7. The summed E-state index contributed by atoms with van der Waals surface area (Å²) in [4.78, 5) is 23.9. The number of ether oxygens (including phenoxy) is 1. The number of hydrogen-bond donors (Lipinski definition) is 5. The van der Waals surface area contributed by atoms with Crippen LogP contribution in [0.1, 0.15) is 35.8 Å². The molecule has 8 nitrogen and oxygen atoms in total. The average Bonchev–Trinajstić information content (AvgIpc) is 3.20. The molecule has 3 aromatic rings. The Labute approximate surface area is 210 Å². The number of carbonyl (C=O) groups excluding carboxylic acids is 2. The van der Waals surface area contributed by atoms with Gasteiger partial charge < -0.3 is 26.1 Å². The van der Waals surface area contributed by atoms with Gasteiger partial charge >= 0.3 is 0 Å². The fourth-order valence-corrected chi connectivity index (χ4v) is 4.27. The Morgan fingerprint density at radius 3 is 2.44 bits per heavy atom. The van der Waals surface area contributed by atoms with Gasteiger partial charge in [-0.3, -0.25) is 15.0 Å². The molecule has 3 atom stereocenters. The zero-order chi connectivity index (χ0) is 25.7. The molecule has 184 valence electrons. The standard InChI is InChI=1S/C28H29N5O3/c1-17(34)32-16-23(20-9-6-10-21(15-20)31-2)36-22-13-11-19(12-14-22)27-24(26(30)28(35)33-27)25(29)18-7-4-3-5-8-18/h3-15,23-24,27,29-31H,16H2,1-2H3,(H,32,34)(H,33,35). The summed E-state index contributed by atoms with van der Waals surface area (Å²) in [6.07, 6.45) is -0.411. The van der Waals surface area contributed by atoms with E-state index in [1.807, 2.05) is 73.8 Å². The van der Waals surface area contributed by atoms with Gasteiger partial charge in [0.2, 0.25) is 5.91 Å². The van der Waals surface area contributed by atoms with E-state index in [-0.39, 0.29) is 17.3 Å². The van der Waals surface area contributed by atoms with E-state index >= 15 is 0 Å². The van der Waals surface area contributed by atoms with E-state index < -0.39 is 24.0 Å². The summed E-state index contributed by atoms with van der Waals surface area (Å²) in [5.74, 6) is -0.706. The highest BCUT2D eigenvalue weighted by Gasteiger charge is 2.41. The summed E-state index contributed by atoms with van der Waals surface area (Å²) in [5.41, 5.74) is 3.41. The van der Waals surface area contributed by atoms with Crippen LogP contribution in [0, 0.1) is 16.7 Å². The summed E-state index contributed by atoms with van der Waals surface area (Å²) in [5, 5.41) is 25.8. The first-order chi connectivity index (χ1) is 17.4. The van der Waals surface area contributed by atoms with Crippen molar-refractivity contribution in [3.05, 3.63) is 95.6 Å². The van der Waals surface area contributed by atoms with Crippen molar-refractivity contribution in [2.24, 2.45) is 5.92 Å². The van der Waals surface area contributed by atoms with Crippen LogP contribution in [0.15, 0.2) is 78.9 Å². The van der Waals surface area contributed by atoms with Crippen molar-refractivity contribution in [2.75, 3.05) is 18.9 Å². The molecule has 0 radical (unpaired) electrons. The Kier molecular flexibility index (Phi) is 7.44. The van der Waals surface area contributed by atoms with Crippen molar-refractivity contribution in [1.82, 2.24) is 10.6 Å². The van der Waals surface area contributed by atoms with Gasteiger partial charge in [-0.25, -0.2) is 0 Å². The van der Waals surface area contributed by atoms with E-state index in [0.29, 0.717) is 17.9 Å². The second-order valence-electron chi connectivity index (χ2n) is 8.61. The Morgan fingerprint density at radius 1 is 1.06 bits per heavy atom. The van der Waals surface area contributed by atoms with Gasteiger partial charge in [0.05, 0.1) is 24.2 Å². The lowest BCUT2D eigenvalue weighted by Gasteiger charge is -2.22. The third kappa shape index (κ3) is 5.43. The van der Waals surface area contributed by atoms with Gasteiger partial charge in [0, 0.05) is 19.7 Å². The molecule has 1 aliphatic rings. The third-order valence-corrected chi connectivity index (χ3v) is 6.17. The predicted molar refractivity (Wildman–Crippen MR) is 140 cm³/mol. The number of amides is 2. The van der Waals surface area contributed by atoms with E-state index in [1.165, 1.54) is 6.92 Å². The van der Waals surface area contributed by atoms with Crippen LogP contribution < -0.4 is 20.7 Å². The van der Waals surface area contributed by atoms with Crippen LogP contribution in [0.2, 0.25) is 0 Å². The maximum absolute atomic E-state index is 12.4. The lowest BCUT2D eigenvalue weighted by molar-refractivity contribution is -0.119. The number of nitrogens with one attached hydrogen (secondary N) is 5. The smallest absolute Gasteiger partial charge is 0.266 e. The maximum Gasteiger partial charge on any atom is 0.266 e. The van der Waals surface area contributed by atoms with Crippen molar-refractivity contribution in [3.63, 3.8) is 0 Å². The predicted octanol–water partition coefficient (Wildman–Crippen LogP) is 3.86. The van der Waals surface area contributed by atoms with Crippen LogP contribution >= 0.6 is 0 Å². The summed E-state index contributed by atoms with van der Waals surface area (Å²) < 4.78 is 6.24. The van der Waals surface area contributed by atoms with Gasteiger partial charge in [0.15, 0.2) is 0 Å². The van der Waals surface area contributed by atoms with Crippen molar-refractivity contribution >= 4 is 28.9 Å². The molecule has 1 aliphatic heterocycles. The Balaban J connectivity index is 1.56. The fourth-order valence-electron chi connectivity index (χ4n) is 4.27. The second kappa shape index (κ2) is 10.9. The van der Waals surface area contributed by atoms with Crippen LogP contribution in [-0.4, -0.2) is 36.8 Å². The minimum Gasteiger partial charge on any atom is -0.484 e. The molecule has 1 saturated heterocycles. The number of hydrogen-bond acceptors (Lipinski definition) is 6. The lowest BCUT2D eigenvalue weighted by Crippen LogP contribution is -2.28. The van der Waals surface area contributed by atoms with Crippen LogP contribution in [0.25, 0.3) is 0 Å². The van der Waals surface area contributed by atoms with Crippen LogP contribution in [0.4, 0.5) is 5.69 Å². The van der Waals surface area contributed by atoms with E-state index in [2.05, 4.69) is 16.0 Å². The van der Waals surface area contributed by atoms with Crippen LogP contribution in [0.5, 0.6) is 5.75 Å². The molecule has 3 unspecified atom stereocenters. The quantitative estimate of drug-likeness (QED) is 0.296. The Hall–Kier alpha value is -4.46. The molecular weight excluding hydrogens is 454 g/mol. The zero-order valence-corrected chi connectivity index (χ0v) is 20.2. The molecular formula is C28H29N5O3. The number of benzene rings is 3. The number of anilines is 1. The monoisotopic (exact) mass is 483 g/mol. The van der Waals surface area contributed by atoms with Crippen molar-refractivity contribution < 1.29 is 14.3 Å². The molecule has 4 rings (SSSR count). The molecule has 5 N–H and O–H groups in total. The molecule has 1 fully saturated rings. The summed E-state index contributed by atoms with van der Waals surface area (Å²) in [6, 6.07) is 23.7. The molecule has 0 aliphatic carbocycles. The molecule has 2 amide bonds. The van der Waals surface area contributed by atoms with Gasteiger partial charge in [-0.2, -0.15) is 0 Å². The molecule has 0 saturated carbocycles. The second-order valence-corrected chi connectivity index (χ2v) is 8.61. The molecule has 0 aromatic heterocycles. The van der Waals surface area contributed by atoms with Crippen molar-refractivity contribution in [3.8, 4) is 5.75 Å². The van der Waals surface area contributed by atoms with E-state index in [9.17, 15) is 9.59 Å². The van der Waals surface area contributed by atoms with Crippen LogP contribution in [-0.2, 0) is 9.59 Å². The van der Waals surface area contributed by atoms with Gasteiger partial charge in [-0.1, -0.05) is 54.6 Å². The van der Waals surface area contributed by atoms with Gasteiger partial charge in [0.25, 0.3) is 5.91 Å². The van der Waals surface area contributed by atoms with E-state index in [0.717, 1.165) is 16.8 Å². The molecule has 0 spiro atoms. The minimum absolute atomic E-state index is 0.117. The highest BCUT2D eigenvalue weighted by Crippen LogP contribution is 2.33. The largest absolute Gasteiger partial charge is 0.484 e. The highest BCUT2D eigenvalue weighted by atomic mass is 16.5.